The maximum absolute atomic E-state index is 12.6. The summed E-state index contributed by atoms with van der Waals surface area (Å²) < 4.78 is 74.1. The molecule has 0 spiro atoms. The number of likely N-dealkylation sites (N-methyl/N-ethyl adjacent to an activating group) is 1. The lowest BCUT2D eigenvalue weighted by molar-refractivity contribution is -0.116. The van der Waals surface area contributed by atoms with Crippen molar-refractivity contribution in [2.24, 2.45) is 10.9 Å². The van der Waals surface area contributed by atoms with E-state index >= 15 is 0 Å². The Balaban J connectivity index is 2.02. The van der Waals surface area contributed by atoms with E-state index in [1.807, 2.05) is 30.3 Å². The standard InChI is InChI=1S/C23H27F6N5O2S2/c1-34(2)21(30)20(15-7-4-3-5-8-15)33-36-12-16-9-6-10-17(31-16)32-18(35)11-19(37-13-22(24,25)26)38-14-23(27,28)29/h3-10,19,21H,11-14,30H2,1-2H3,(H,31,32,35)/b33-20-/t21-/m1/s1. The fourth-order valence-electron chi connectivity index (χ4n) is 2.81. The number of aromatic nitrogens is 1. The topological polar surface area (TPSA) is 92.8 Å². The van der Waals surface area contributed by atoms with E-state index in [-0.39, 0.29) is 35.9 Å². The molecule has 210 valence electrons. The van der Waals surface area contributed by atoms with Crippen molar-refractivity contribution in [3.63, 3.8) is 0 Å². The van der Waals surface area contributed by atoms with Crippen molar-refractivity contribution >= 4 is 41.0 Å². The molecule has 2 aromatic rings. The van der Waals surface area contributed by atoms with E-state index in [1.54, 1.807) is 31.1 Å². The molecule has 0 bridgehead atoms. The van der Waals surface area contributed by atoms with Crippen molar-refractivity contribution in [1.29, 1.82) is 0 Å². The summed E-state index contributed by atoms with van der Waals surface area (Å²) in [7, 11) is 3.56. The lowest BCUT2D eigenvalue weighted by atomic mass is 10.1. The maximum Gasteiger partial charge on any atom is 0.397 e. The fourth-order valence-corrected chi connectivity index (χ4v) is 4.90. The molecule has 1 heterocycles. The SMILES string of the molecule is CN(C)[C@@H](N)/C(=N\OCc1cccc(NC(=O)CC(SCC(F)(F)F)SCC(F)(F)F)n1)c1ccccc1. The molecule has 2 rings (SSSR count). The molecule has 0 unspecified atom stereocenters. The molecule has 0 aliphatic heterocycles. The summed E-state index contributed by atoms with van der Waals surface area (Å²) in [5.41, 5.74) is 7.80. The molecule has 1 aromatic heterocycles. The molecule has 38 heavy (non-hydrogen) atoms. The Bertz CT molecular complexity index is 1040. The second-order valence-corrected chi connectivity index (χ2v) is 10.8. The first-order valence-corrected chi connectivity index (χ1v) is 13.1. The maximum atomic E-state index is 12.6. The summed E-state index contributed by atoms with van der Waals surface area (Å²) >= 11 is 0.471. The molecule has 0 fully saturated rings. The van der Waals surface area contributed by atoms with Crippen LogP contribution in [0.2, 0.25) is 0 Å². The highest BCUT2D eigenvalue weighted by atomic mass is 32.2. The van der Waals surface area contributed by atoms with Crippen molar-refractivity contribution < 1.29 is 36.0 Å². The molecular formula is C23H27F6N5O2S2. The van der Waals surface area contributed by atoms with E-state index in [0.29, 0.717) is 11.4 Å². The molecule has 1 atom stereocenters. The van der Waals surface area contributed by atoms with Gasteiger partial charge in [0, 0.05) is 12.0 Å². The molecular weight excluding hydrogens is 556 g/mol. The Morgan fingerprint density at radius 3 is 2.18 bits per heavy atom. The van der Waals surface area contributed by atoms with E-state index in [0.717, 1.165) is 5.56 Å². The van der Waals surface area contributed by atoms with Gasteiger partial charge in [-0.3, -0.25) is 9.69 Å². The Hall–Kier alpha value is -2.49. The molecule has 0 aliphatic rings. The van der Waals surface area contributed by atoms with Crippen LogP contribution in [0.5, 0.6) is 0 Å². The Labute approximate surface area is 224 Å². The van der Waals surface area contributed by atoms with Crippen LogP contribution in [0.25, 0.3) is 0 Å². The number of benzene rings is 1. The van der Waals surface area contributed by atoms with Crippen LogP contribution in [0, 0.1) is 0 Å². The number of thioether (sulfide) groups is 2. The van der Waals surface area contributed by atoms with Crippen LogP contribution >= 0.6 is 23.5 Å². The number of halogens is 6. The normalized spacial score (nSPS) is 13.6. The molecule has 7 nitrogen and oxygen atoms in total. The fraction of sp³-hybridized carbons (Fsp3) is 0.435. The number of hydrogen-bond donors (Lipinski definition) is 2. The van der Waals surface area contributed by atoms with Gasteiger partial charge in [0.05, 0.1) is 21.8 Å². The number of carbonyl (C=O) groups excluding carboxylic acids is 1. The summed E-state index contributed by atoms with van der Waals surface area (Å²) in [6.07, 6.45) is -10.3. The van der Waals surface area contributed by atoms with E-state index in [2.05, 4.69) is 15.5 Å². The third kappa shape index (κ3) is 12.4. The van der Waals surface area contributed by atoms with E-state index in [9.17, 15) is 31.1 Å². The summed E-state index contributed by atoms with van der Waals surface area (Å²) in [4.78, 5) is 23.8. The number of hydrogen-bond acceptors (Lipinski definition) is 8. The van der Waals surface area contributed by atoms with Gasteiger partial charge in [-0.05, 0) is 26.2 Å². The van der Waals surface area contributed by atoms with Crippen molar-refractivity contribution in [3.8, 4) is 0 Å². The minimum atomic E-state index is -4.58. The summed E-state index contributed by atoms with van der Waals surface area (Å²) in [6, 6.07) is 13.7. The van der Waals surface area contributed by atoms with Gasteiger partial charge >= 0.3 is 12.4 Å². The third-order valence-corrected chi connectivity index (χ3v) is 7.45. The van der Waals surface area contributed by atoms with Crippen molar-refractivity contribution in [2.75, 3.05) is 30.9 Å². The average Bonchev–Trinajstić information content (AvgIpc) is 2.83. The van der Waals surface area contributed by atoms with Gasteiger partial charge in [0.1, 0.15) is 17.7 Å². The zero-order valence-corrected chi connectivity index (χ0v) is 22.1. The Morgan fingerprint density at radius 2 is 1.63 bits per heavy atom. The van der Waals surface area contributed by atoms with Gasteiger partial charge < -0.3 is 15.9 Å². The summed E-state index contributed by atoms with van der Waals surface area (Å²) in [5.74, 6) is -3.45. The Kier molecular flexibility index (Phi) is 12.2. The average molecular weight is 584 g/mol. The van der Waals surface area contributed by atoms with Crippen LogP contribution in [-0.4, -0.2) is 70.2 Å². The van der Waals surface area contributed by atoms with Gasteiger partial charge in [0.25, 0.3) is 0 Å². The second kappa shape index (κ2) is 14.6. The monoisotopic (exact) mass is 583 g/mol. The number of amides is 1. The minimum Gasteiger partial charge on any atom is -0.389 e. The first kappa shape index (κ1) is 31.7. The van der Waals surface area contributed by atoms with E-state index < -0.39 is 46.9 Å². The van der Waals surface area contributed by atoms with Gasteiger partial charge in [0.2, 0.25) is 5.91 Å². The molecule has 0 saturated carbocycles. The lowest BCUT2D eigenvalue weighted by Crippen LogP contribution is -2.44. The predicted molar refractivity (Wildman–Crippen MR) is 138 cm³/mol. The van der Waals surface area contributed by atoms with E-state index in [4.69, 9.17) is 10.6 Å². The number of alkyl halides is 6. The number of pyridine rings is 1. The van der Waals surface area contributed by atoms with Gasteiger partial charge in [-0.2, -0.15) is 26.3 Å². The molecule has 15 heteroatoms. The lowest BCUT2D eigenvalue weighted by Gasteiger charge is -2.21. The number of nitrogens with two attached hydrogens (primary N) is 1. The predicted octanol–water partition coefficient (Wildman–Crippen LogP) is 5.09. The highest BCUT2D eigenvalue weighted by Gasteiger charge is 2.33. The molecule has 1 aromatic carbocycles. The highest BCUT2D eigenvalue weighted by Crippen LogP contribution is 2.35. The number of nitrogens with zero attached hydrogens (tertiary/aromatic N) is 3. The Morgan fingerprint density at radius 1 is 1.03 bits per heavy atom. The summed E-state index contributed by atoms with van der Waals surface area (Å²) in [6.45, 7) is -0.0916. The van der Waals surface area contributed by atoms with Crippen LogP contribution in [0.1, 0.15) is 17.7 Å². The minimum absolute atomic E-state index is 0.0637. The van der Waals surface area contributed by atoms with Gasteiger partial charge in [-0.25, -0.2) is 4.98 Å². The van der Waals surface area contributed by atoms with Gasteiger partial charge in [0.15, 0.2) is 6.61 Å². The largest absolute Gasteiger partial charge is 0.397 e. The van der Waals surface area contributed by atoms with Crippen LogP contribution in [0.4, 0.5) is 32.2 Å². The number of oxime groups is 1. The van der Waals surface area contributed by atoms with Gasteiger partial charge in [-0.1, -0.05) is 41.6 Å². The smallest absolute Gasteiger partial charge is 0.389 e. The van der Waals surface area contributed by atoms with Crippen LogP contribution in [0.15, 0.2) is 53.7 Å². The molecule has 0 saturated heterocycles. The quantitative estimate of drug-likeness (QED) is 0.147. The summed E-state index contributed by atoms with van der Waals surface area (Å²) in [5, 5.41) is 6.56. The van der Waals surface area contributed by atoms with Crippen LogP contribution < -0.4 is 11.1 Å². The first-order chi connectivity index (χ1) is 17.7. The number of rotatable bonds is 13. The van der Waals surface area contributed by atoms with E-state index in [1.165, 1.54) is 6.07 Å². The second-order valence-electron chi connectivity index (χ2n) is 8.07. The van der Waals surface area contributed by atoms with Crippen molar-refractivity contribution in [1.82, 2.24) is 9.88 Å². The van der Waals surface area contributed by atoms with Crippen molar-refractivity contribution in [3.05, 3.63) is 59.8 Å². The van der Waals surface area contributed by atoms with Gasteiger partial charge in [-0.15, -0.1) is 23.5 Å². The molecule has 0 aliphatic carbocycles. The van der Waals surface area contributed by atoms with Crippen LogP contribution in [0.3, 0.4) is 0 Å². The first-order valence-electron chi connectivity index (χ1n) is 11.0. The van der Waals surface area contributed by atoms with Crippen LogP contribution in [-0.2, 0) is 16.2 Å². The van der Waals surface area contributed by atoms with Crippen molar-refractivity contribution in [2.45, 2.75) is 36.1 Å². The molecule has 0 radical (unpaired) electrons. The highest BCUT2D eigenvalue weighted by molar-refractivity contribution is 8.17. The number of nitrogens with one attached hydrogen (secondary N) is 1. The number of carbonyl (C=O) groups is 1. The third-order valence-electron chi connectivity index (χ3n) is 4.57. The molecule has 3 N–H and O–H groups in total. The number of anilines is 1. The zero-order chi connectivity index (χ0) is 28.3. The molecule has 1 amide bonds. The zero-order valence-electron chi connectivity index (χ0n) is 20.4.